The van der Waals surface area contributed by atoms with Gasteiger partial charge in [0.15, 0.2) is 0 Å². The van der Waals surface area contributed by atoms with Crippen molar-refractivity contribution in [1.82, 2.24) is 10.2 Å². The van der Waals surface area contributed by atoms with Gasteiger partial charge in [-0.25, -0.2) is 4.79 Å². The van der Waals surface area contributed by atoms with Crippen LogP contribution in [-0.2, 0) is 4.79 Å². The van der Waals surface area contributed by atoms with Crippen LogP contribution < -0.4 is 10.6 Å². The lowest BCUT2D eigenvalue weighted by atomic mass is 9.99. The highest BCUT2D eigenvalue weighted by atomic mass is 16.4. The molecule has 7 nitrogen and oxygen atoms in total. The summed E-state index contributed by atoms with van der Waals surface area (Å²) in [5.41, 5.74) is 1.40. The van der Waals surface area contributed by atoms with Crippen LogP contribution in [0.25, 0.3) is 0 Å². The van der Waals surface area contributed by atoms with Crippen molar-refractivity contribution < 1.29 is 19.5 Å². The molecule has 0 atom stereocenters. The van der Waals surface area contributed by atoms with Gasteiger partial charge >= 0.3 is 12.0 Å². The van der Waals surface area contributed by atoms with Gasteiger partial charge < -0.3 is 20.6 Å². The number of carbonyl (C=O) groups excluding carboxylic acids is 2. The molecule has 0 aromatic heterocycles. The smallest absolute Gasteiger partial charge is 0.319 e. The van der Waals surface area contributed by atoms with Crippen LogP contribution in [0.1, 0.15) is 55.5 Å². The van der Waals surface area contributed by atoms with E-state index in [1.165, 1.54) is 0 Å². The summed E-state index contributed by atoms with van der Waals surface area (Å²) in [6, 6.07) is 4.83. The molecular weight excluding hydrogens is 334 g/mol. The highest BCUT2D eigenvalue weighted by Gasteiger charge is 2.23. The zero-order valence-corrected chi connectivity index (χ0v) is 15.6. The van der Waals surface area contributed by atoms with E-state index in [2.05, 4.69) is 10.6 Å². The molecule has 3 N–H and O–H groups in total. The molecule has 3 amide bonds. The number of nitrogens with zero attached hydrogens (tertiary/aromatic N) is 1. The van der Waals surface area contributed by atoms with Crippen molar-refractivity contribution >= 4 is 23.6 Å². The number of nitrogens with one attached hydrogen (secondary N) is 2. The first-order chi connectivity index (χ1) is 12.2. The Labute approximate surface area is 153 Å². The average molecular weight is 361 g/mol. The standard InChI is InChI=1S/C19H27N3O4/c1-13-12-14(17(25)22-10-4-5-11-22)6-7-15(13)20-18(26)21-19(2,3)9-8-16(23)24/h6-7,12H,4-5,8-11H2,1-3H3,(H,23,24)(H2,20,21,26). The second-order valence-corrected chi connectivity index (χ2v) is 7.39. The van der Waals surface area contributed by atoms with Gasteiger partial charge in [0.25, 0.3) is 5.91 Å². The number of amides is 3. The fraction of sp³-hybridized carbons (Fsp3) is 0.526. The van der Waals surface area contributed by atoms with E-state index in [9.17, 15) is 14.4 Å². The van der Waals surface area contributed by atoms with E-state index in [4.69, 9.17) is 5.11 Å². The predicted octanol–water partition coefficient (Wildman–Crippen LogP) is 3.00. The van der Waals surface area contributed by atoms with E-state index in [-0.39, 0.29) is 12.3 Å². The number of hydrogen-bond acceptors (Lipinski definition) is 3. The van der Waals surface area contributed by atoms with Crippen molar-refractivity contribution in [3.63, 3.8) is 0 Å². The molecule has 2 rings (SSSR count). The Morgan fingerprint density at radius 1 is 1.19 bits per heavy atom. The first-order valence-corrected chi connectivity index (χ1v) is 8.89. The molecule has 142 valence electrons. The minimum absolute atomic E-state index is 0.0143. The number of hydrogen-bond donors (Lipinski definition) is 3. The Morgan fingerprint density at radius 2 is 1.85 bits per heavy atom. The Balaban J connectivity index is 1.97. The number of likely N-dealkylation sites (tertiary alicyclic amines) is 1. The summed E-state index contributed by atoms with van der Waals surface area (Å²) in [7, 11) is 0. The first kappa shape index (κ1) is 19.8. The van der Waals surface area contributed by atoms with E-state index in [1.807, 2.05) is 11.8 Å². The van der Waals surface area contributed by atoms with E-state index < -0.39 is 17.5 Å². The normalized spacial score (nSPS) is 14.2. The summed E-state index contributed by atoms with van der Waals surface area (Å²) in [6.07, 6.45) is 2.40. The van der Waals surface area contributed by atoms with E-state index in [0.717, 1.165) is 31.5 Å². The SMILES string of the molecule is Cc1cc(C(=O)N2CCCC2)ccc1NC(=O)NC(C)(C)CCC(=O)O. The largest absolute Gasteiger partial charge is 0.481 e. The predicted molar refractivity (Wildman–Crippen MR) is 99.4 cm³/mol. The third-order valence-electron chi connectivity index (χ3n) is 4.53. The van der Waals surface area contributed by atoms with Crippen LogP contribution in [-0.4, -0.2) is 46.5 Å². The second-order valence-electron chi connectivity index (χ2n) is 7.39. The molecule has 1 fully saturated rings. The van der Waals surface area contributed by atoms with Crippen LogP contribution in [0.4, 0.5) is 10.5 Å². The number of rotatable bonds is 6. The van der Waals surface area contributed by atoms with Gasteiger partial charge in [-0.05, 0) is 63.8 Å². The zero-order chi connectivity index (χ0) is 19.3. The molecule has 1 aliphatic rings. The number of carboxylic acids is 1. The van der Waals surface area contributed by atoms with Crippen molar-refractivity contribution in [3.05, 3.63) is 29.3 Å². The molecule has 0 spiro atoms. The molecule has 1 aliphatic heterocycles. The molecule has 1 aromatic carbocycles. The molecule has 0 bridgehead atoms. The minimum atomic E-state index is -0.894. The Bertz CT molecular complexity index is 694. The van der Waals surface area contributed by atoms with Crippen LogP contribution in [0.2, 0.25) is 0 Å². The molecule has 1 heterocycles. The van der Waals surface area contributed by atoms with Gasteiger partial charge in [-0.1, -0.05) is 0 Å². The Kier molecular flexibility index (Phi) is 6.23. The van der Waals surface area contributed by atoms with Crippen molar-refractivity contribution in [2.75, 3.05) is 18.4 Å². The van der Waals surface area contributed by atoms with Crippen molar-refractivity contribution in [3.8, 4) is 0 Å². The number of carboxylic acid groups (broad SMARTS) is 1. The zero-order valence-electron chi connectivity index (χ0n) is 15.6. The van der Waals surface area contributed by atoms with Crippen LogP contribution in [0, 0.1) is 6.92 Å². The summed E-state index contributed by atoms with van der Waals surface area (Å²) in [4.78, 5) is 37.2. The van der Waals surface area contributed by atoms with Crippen molar-refractivity contribution in [2.45, 2.75) is 52.0 Å². The van der Waals surface area contributed by atoms with Crippen molar-refractivity contribution in [1.29, 1.82) is 0 Å². The number of benzene rings is 1. The number of aryl methyl sites for hydroxylation is 1. The molecule has 0 aliphatic carbocycles. The van der Waals surface area contributed by atoms with Crippen LogP contribution in [0.15, 0.2) is 18.2 Å². The Hall–Kier alpha value is -2.57. The number of carbonyl (C=O) groups is 3. The van der Waals surface area contributed by atoms with Gasteiger partial charge in [0, 0.05) is 36.3 Å². The Morgan fingerprint density at radius 3 is 2.42 bits per heavy atom. The minimum Gasteiger partial charge on any atom is -0.481 e. The number of anilines is 1. The van der Waals surface area contributed by atoms with Gasteiger partial charge in [0.2, 0.25) is 0 Å². The average Bonchev–Trinajstić information content (AvgIpc) is 3.08. The third-order valence-corrected chi connectivity index (χ3v) is 4.53. The van der Waals surface area contributed by atoms with Crippen LogP contribution in [0.5, 0.6) is 0 Å². The topological polar surface area (TPSA) is 98.7 Å². The quantitative estimate of drug-likeness (QED) is 0.725. The highest BCUT2D eigenvalue weighted by molar-refractivity contribution is 5.96. The highest BCUT2D eigenvalue weighted by Crippen LogP contribution is 2.20. The number of aliphatic carboxylic acids is 1. The fourth-order valence-corrected chi connectivity index (χ4v) is 2.98. The molecular formula is C19H27N3O4. The van der Waals surface area contributed by atoms with Crippen molar-refractivity contribution in [2.24, 2.45) is 0 Å². The van der Waals surface area contributed by atoms with E-state index in [0.29, 0.717) is 17.7 Å². The maximum Gasteiger partial charge on any atom is 0.319 e. The molecule has 1 saturated heterocycles. The molecule has 0 unspecified atom stereocenters. The summed E-state index contributed by atoms with van der Waals surface area (Å²) in [5, 5.41) is 14.3. The van der Waals surface area contributed by atoms with E-state index >= 15 is 0 Å². The van der Waals surface area contributed by atoms with Crippen LogP contribution >= 0.6 is 0 Å². The molecule has 7 heteroatoms. The summed E-state index contributed by atoms with van der Waals surface area (Å²) >= 11 is 0. The van der Waals surface area contributed by atoms with E-state index in [1.54, 1.807) is 32.0 Å². The molecule has 26 heavy (non-hydrogen) atoms. The first-order valence-electron chi connectivity index (χ1n) is 8.89. The summed E-state index contributed by atoms with van der Waals surface area (Å²) in [6.45, 7) is 6.99. The van der Waals surface area contributed by atoms with Crippen LogP contribution in [0.3, 0.4) is 0 Å². The lowest BCUT2D eigenvalue weighted by Gasteiger charge is -2.26. The molecule has 0 radical (unpaired) electrons. The maximum atomic E-state index is 12.4. The number of urea groups is 1. The maximum absolute atomic E-state index is 12.4. The molecule has 0 saturated carbocycles. The lowest BCUT2D eigenvalue weighted by molar-refractivity contribution is -0.137. The van der Waals surface area contributed by atoms with Gasteiger partial charge in [0.1, 0.15) is 0 Å². The van der Waals surface area contributed by atoms with Gasteiger partial charge in [-0.15, -0.1) is 0 Å². The third kappa shape index (κ3) is 5.47. The lowest BCUT2D eigenvalue weighted by Crippen LogP contribution is -2.45. The van der Waals surface area contributed by atoms with Gasteiger partial charge in [0.05, 0.1) is 0 Å². The second kappa shape index (κ2) is 8.21. The molecule has 1 aromatic rings. The van der Waals surface area contributed by atoms with Gasteiger partial charge in [-0.2, -0.15) is 0 Å². The fourth-order valence-electron chi connectivity index (χ4n) is 2.98. The van der Waals surface area contributed by atoms with Gasteiger partial charge in [-0.3, -0.25) is 9.59 Å². The summed E-state index contributed by atoms with van der Waals surface area (Å²) < 4.78 is 0. The summed E-state index contributed by atoms with van der Waals surface area (Å²) in [5.74, 6) is -0.870. The monoisotopic (exact) mass is 361 g/mol.